The Hall–Kier alpha value is -2.62. The number of ether oxygens (including phenoxy) is 1. The number of hydrogen-bond donors (Lipinski definition) is 0. The Kier molecular flexibility index (Phi) is 5.61. The van der Waals surface area contributed by atoms with Crippen LogP contribution in [0.2, 0.25) is 0 Å². The number of rotatable bonds is 3. The molecular formula is C30H37NO3. The highest BCUT2D eigenvalue weighted by atomic mass is 16.5. The van der Waals surface area contributed by atoms with Gasteiger partial charge in [-0.25, -0.2) is 0 Å². The van der Waals surface area contributed by atoms with Gasteiger partial charge in [-0.2, -0.15) is 0 Å². The van der Waals surface area contributed by atoms with E-state index in [2.05, 4.69) is 56.9 Å². The molecule has 3 fully saturated rings. The molecule has 5 rings (SSSR count). The fourth-order valence-corrected chi connectivity index (χ4v) is 7.26. The molecule has 4 unspecified atom stereocenters. The van der Waals surface area contributed by atoms with E-state index in [1.165, 1.54) is 0 Å². The van der Waals surface area contributed by atoms with Crippen LogP contribution in [-0.2, 0) is 9.59 Å². The molecule has 3 aliphatic rings. The van der Waals surface area contributed by atoms with Crippen LogP contribution in [0.5, 0.6) is 5.75 Å². The topological polar surface area (TPSA) is 46.6 Å². The highest BCUT2D eigenvalue weighted by molar-refractivity contribution is 5.90. The first-order chi connectivity index (χ1) is 16.1. The van der Waals surface area contributed by atoms with Crippen LogP contribution in [0.3, 0.4) is 0 Å². The van der Waals surface area contributed by atoms with Gasteiger partial charge in [-0.1, -0.05) is 58.0 Å². The number of Topliss-reactive ketones (excluding diaryl/α,β-unsaturated/α-hetero) is 2. The van der Waals surface area contributed by atoms with Crippen molar-refractivity contribution >= 4 is 17.3 Å². The third-order valence-electron chi connectivity index (χ3n) is 8.45. The first kappa shape index (κ1) is 23.1. The summed E-state index contributed by atoms with van der Waals surface area (Å²) < 4.78 is 5.42. The third kappa shape index (κ3) is 3.95. The number of methoxy groups -OCH3 is 1. The summed E-state index contributed by atoms with van der Waals surface area (Å²) in [6, 6.07) is 18.7. The van der Waals surface area contributed by atoms with E-state index in [1.54, 1.807) is 7.11 Å². The molecule has 1 aliphatic heterocycles. The zero-order chi connectivity index (χ0) is 24.3. The van der Waals surface area contributed by atoms with E-state index in [9.17, 15) is 9.59 Å². The lowest BCUT2D eigenvalue weighted by Crippen LogP contribution is -2.66. The number of benzene rings is 2. The quantitative estimate of drug-likeness (QED) is 0.561. The lowest BCUT2D eigenvalue weighted by molar-refractivity contribution is -0.138. The number of carbonyl (C=O) groups is 2. The second kappa shape index (κ2) is 8.25. The minimum atomic E-state index is -0.177. The molecule has 4 nitrogen and oxygen atoms in total. The summed E-state index contributed by atoms with van der Waals surface area (Å²) in [5, 5.41) is 0. The molecule has 0 N–H and O–H groups in total. The van der Waals surface area contributed by atoms with Gasteiger partial charge in [-0.3, -0.25) is 9.59 Å². The molecule has 0 bridgehead atoms. The maximum Gasteiger partial charge on any atom is 0.139 e. The summed E-state index contributed by atoms with van der Waals surface area (Å²) in [6.07, 6.45) is 3.03. The number of nitrogens with zero attached hydrogens (tertiary/aromatic N) is 1. The van der Waals surface area contributed by atoms with Gasteiger partial charge in [-0.15, -0.1) is 0 Å². The molecule has 2 aliphatic carbocycles. The SMILES string of the molecule is COc1ccc(N2C3CC(C)(C)CC(=O)C3C(c3ccccc3)C3C(=O)CC(C)(C)CC32)cc1. The minimum Gasteiger partial charge on any atom is -0.497 e. The van der Waals surface area contributed by atoms with Crippen LogP contribution in [-0.4, -0.2) is 30.8 Å². The molecule has 1 heterocycles. The van der Waals surface area contributed by atoms with Gasteiger partial charge in [0, 0.05) is 48.4 Å². The molecule has 34 heavy (non-hydrogen) atoms. The van der Waals surface area contributed by atoms with Gasteiger partial charge in [0.2, 0.25) is 0 Å². The Labute approximate surface area is 203 Å². The molecule has 4 heteroatoms. The Morgan fingerprint density at radius 2 is 1.24 bits per heavy atom. The first-order valence-corrected chi connectivity index (χ1v) is 12.6. The normalized spacial score (nSPS) is 32.0. The summed E-state index contributed by atoms with van der Waals surface area (Å²) >= 11 is 0. The van der Waals surface area contributed by atoms with Crippen molar-refractivity contribution in [3.8, 4) is 5.75 Å². The smallest absolute Gasteiger partial charge is 0.139 e. The summed E-state index contributed by atoms with van der Waals surface area (Å²) in [7, 11) is 1.68. The van der Waals surface area contributed by atoms with Gasteiger partial charge in [-0.05, 0) is 53.5 Å². The van der Waals surface area contributed by atoms with Crippen molar-refractivity contribution in [3.63, 3.8) is 0 Å². The van der Waals surface area contributed by atoms with Crippen LogP contribution >= 0.6 is 0 Å². The van der Waals surface area contributed by atoms with Crippen LogP contribution < -0.4 is 9.64 Å². The van der Waals surface area contributed by atoms with Crippen molar-refractivity contribution < 1.29 is 14.3 Å². The molecule has 0 amide bonds. The molecular weight excluding hydrogens is 422 g/mol. The Balaban J connectivity index is 1.70. The highest BCUT2D eigenvalue weighted by Crippen LogP contribution is 2.56. The van der Waals surface area contributed by atoms with Crippen molar-refractivity contribution in [2.75, 3.05) is 12.0 Å². The standard InChI is InChI=1S/C30H37NO3/c1-29(2)15-22-27(24(32)17-29)26(19-9-7-6-8-10-19)28-23(16-30(3,4)18-25(28)33)31(22)20-11-13-21(34-5)14-12-20/h6-14,22-23,26-28H,15-18H2,1-5H3. The van der Waals surface area contributed by atoms with Crippen molar-refractivity contribution in [1.29, 1.82) is 0 Å². The molecule has 0 spiro atoms. The molecule has 0 radical (unpaired) electrons. The Morgan fingerprint density at radius 3 is 1.71 bits per heavy atom. The van der Waals surface area contributed by atoms with Crippen molar-refractivity contribution in [2.45, 2.75) is 71.4 Å². The zero-order valence-corrected chi connectivity index (χ0v) is 21.1. The monoisotopic (exact) mass is 459 g/mol. The van der Waals surface area contributed by atoms with Crippen LogP contribution in [0.1, 0.15) is 64.9 Å². The summed E-state index contributed by atoms with van der Waals surface area (Å²) in [6.45, 7) is 8.86. The average molecular weight is 460 g/mol. The molecule has 2 saturated carbocycles. The van der Waals surface area contributed by atoms with E-state index in [0.29, 0.717) is 24.4 Å². The van der Waals surface area contributed by atoms with E-state index in [0.717, 1.165) is 29.8 Å². The van der Waals surface area contributed by atoms with Gasteiger partial charge < -0.3 is 9.64 Å². The second-order valence-corrected chi connectivity index (χ2v) is 12.3. The van der Waals surface area contributed by atoms with Crippen molar-refractivity contribution in [1.82, 2.24) is 0 Å². The van der Waals surface area contributed by atoms with Gasteiger partial charge in [0.15, 0.2) is 0 Å². The number of hydrogen-bond acceptors (Lipinski definition) is 4. The van der Waals surface area contributed by atoms with E-state index in [4.69, 9.17) is 4.74 Å². The molecule has 180 valence electrons. The molecule has 4 atom stereocenters. The number of ketones is 2. The van der Waals surface area contributed by atoms with Crippen molar-refractivity contribution in [3.05, 3.63) is 60.2 Å². The number of piperidine rings is 1. The molecule has 0 aromatic heterocycles. The average Bonchev–Trinajstić information content (AvgIpc) is 2.77. The zero-order valence-electron chi connectivity index (χ0n) is 21.1. The number of fused-ring (bicyclic) bond motifs is 2. The van der Waals surface area contributed by atoms with Gasteiger partial charge in [0.25, 0.3) is 0 Å². The van der Waals surface area contributed by atoms with Crippen LogP contribution in [0.15, 0.2) is 54.6 Å². The third-order valence-corrected chi connectivity index (χ3v) is 8.45. The molecule has 2 aromatic rings. The summed E-state index contributed by atoms with van der Waals surface area (Å²) in [5.41, 5.74) is 2.10. The van der Waals surface area contributed by atoms with E-state index < -0.39 is 0 Å². The second-order valence-electron chi connectivity index (χ2n) is 12.3. The lowest BCUT2D eigenvalue weighted by atomic mass is 9.53. The fourth-order valence-electron chi connectivity index (χ4n) is 7.26. The van der Waals surface area contributed by atoms with Crippen LogP contribution in [0.4, 0.5) is 5.69 Å². The van der Waals surface area contributed by atoms with E-state index in [1.807, 2.05) is 30.3 Å². The first-order valence-electron chi connectivity index (χ1n) is 12.6. The molecule has 2 aromatic carbocycles. The van der Waals surface area contributed by atoms with E-state index >= 15 is 0 Å². The largest absolute Gasteiger partial charge is 0.497 e. The summed E-state index contributed by atoms with van der Waals surface area (Å²) in [4.78, 5) is 30.2. The maximum absolute atomic E-state index is 13.9. The highest BCUT2D eigenvalue weighted by Gasteiger charge is 2.59. The van der Waals surface area contributed by atoms with Gasteiger partial charge >= 0.3 is 0 Å². The predicted molar refractivity (Wildman–Crippen MR) is 135 cm³/mol. The lowest BCUT2D eigenvalue weighted by Gasteiger charge is -2.60. The number of carbonyl (C=O) groups excluding carboxylic acids is 2. The van der Waals surface area contributed by atoms with Crippen LogP contribution in [0.25, 0.3) is 0 Å². The Morgan fingerprint density at radius 1 is 0.735 bits per heavy atom. The number of anilines is 1. The molecule has 1 saturated heterocycles. The van der Waals surface area contributed by atoms with Crippen LogP contribution in [0, 0.1) is 22.7 Å². The minimum absolute atomic E-state index is 0.0575. The van der Waals surface area contributed by atoms with Gasteiger partial charge in [0.05, 0.1) is 7.11 Å². The van der Waals surface area contributed by atoms with Crippen molar-refractivity contribution in [2.24, 2.45) is 22.7 Å². The Bertz CT molecular complexity index is 1030. The summed E-state index contributed by atoms with van der Waals surface area (Å²) in [5.74, 6) is 1.02. The predicted octanol–water partition coefficient (Wildman–Crippen LogP) is 6.05. The maximum atomic E-state index is 13.9. The fraction of sp³-hybridized carbons (Fsp3) is 0.533. The van der Waals surface area contributed by atoms with Gasteiger partial charge in [0.1, 0.15) is 17.3 Å². The van der Waals surface area contributed by atoms with E-state index in [-0.39, 0.29) is 40.7 Å².